The van der Waals surface area contributed by atoms with Crippen LogP contribution in [0.5, 0.6) is 0 Å². The van der Waals surface area contributed by atoms with Gasteiger partial charge in [0.25, 0.3) is 5.89 Å². The lowest BCUT2D eigenvalue weighted by Crippen LogP contribution is -2.44. The summed E-state index contributed by atoms with van der Waals surface area (Å²) in [4.78, 5) is 11.4. The fourth-order valence-electron chi connectivity index (χ4n) is 3.85. The summed E-state index contributed by atoms with van der Waals surface area (Å²) in [6.07, 6.45) is 2.11. The van der Waals surface area contributed by atoms with Crippen LogP contribution in [0.1, 0.15) is 54.8 Å². The standard InChI is InChI=1S/C21H27N5O4/c1-15(19-22-18(14-27-2)25-29-19)26-11-9-21(28-3,10-12-26)20-23-17(24-30-20)13-16-7-5-4-6-8-16/h4-8,15H,9-14H2,1-3H3/t15-/m0/s1. The normalized spacial score (nSPS) is 17.8. The smallest absolute Gasteiger partial charge is 0.258 e. The highest BCUT2D eigenvalue weighted by atomic mass is 16.5. The molecule has 0 aliphatic carbocycles. The number of piperidine rings is 1. The molecule has 0 spiro atoms. The summed E-state index contributed by atoms with van der Waals surface area (Å²) in [5.74, 6) is 2.36. The molecule has 0 saturated carbocycles. The van der Waals surface area contributed by atoms with E-state index in [0.717, 1.165) is 31.5 Å². The topological polar surface area (TPSA) is 99.5 Å². The Bertz CT molecular complexity index is 934. The highest BCUT2D eigenvalue weighted by Crippen LogP contribution is 2.37. The molecule has 1 aliphatic heterocycles. The molecule has 3 heterocycles. The van der Waals surface area contributed by atoms with Crippen LogP contribution >= 0.6 is 0 Å². The van der Waals surface area contributed by atoms with E-state index in [1.165, 1.54) is 0 Å². The number of benzene rings is 1. The van der Waals surface area contributed by atoms with Crippen molar-refractivity contribution in [2.45, 2.75) is 44.4 Å². The van der Waals surface area contributed by atoms with Gasteiger partial charge in [0.2, 0.25) is 5.89 Å². The maximum absolute atomic E-state index is 5.91. The minimum atomic E-state index is -0.575. The van der Waals surface area contributed by atoms with E-state index >= 15 is 0 Å². The summed E-state index contributed by atoms with van der Waals surface area (Å²) < 4.78 is 22.0. The van der Waals surface area contributed by atoms with E-state index in [2.05, 4.69) is 44.2 Å². The predicted octanol–water partition coefficient (Wildman–Crippen LogP) is 2.89. The quantitative estimate of drug-likeness (QED) is 0.552. The molecule has 1 fully saturated rings. The molecule has 0 unspecified atom stereocenters. The fraction of sp³-hybridized carbons (Fsp3) is 0.524. The van der Waals surface area contributed by atoms with Crippen molar-refractivity contribution in [3.63, 3.8) is 0 Å². The monoisotopic (exact) mass is 413 g/mol. The predicted molar refractivity (Wildman–Crippen MR) is 106 cm³/mol. The first kappa shape index (κ1) is 20.6. The maximum Gasteiger partial charge on any atom is 0.258 e. The molecule has 1 aromatic carbocycles. The second kappa shape index (κ2) is 9.03. The van der Waals surface area contributed by atoms with E-state index in [9.17, 15) is 0 Å². The number of hydrogen-bond acceptors (Lipinski definition) is 9. The Hall–Kier alpha value is -2.62. The van der Waals surface area contributed by atoms with Gasteiger partial charge in [-0.25, -0.2) is 0 Å². The molecule has 0 amide bonds. The van der Waals surface area contributed by atoms with Gasteiger partial charge in [-0.3, -0.25) is 4.90 Å². The Morgan fingerprint density at radius 2 is 1.77 bits per heavy atom. The molecule has 1 aliphatic rings. The van der Waals surface area contributed by atoms with Crippen molar-refractivity contribution < 1.29 is 18.5 Å². The molecular formula is C21H27N5O4. The van der Waals surface area contributed by atoms with Gasteiger partial charge in [0.15, 0.2) is 11.6 Å². The summed E-state index contributed by atoms with van der Waals surface area (Å²) in [5, 5.41) is 8.13. The summed E-state index contributed by atoms with van der Waals surface area (Å²) in [7, 11) is 3.31. The van der Waals surface area contributed by atoms with Gasteiger partial charge in [0.1, 0.15) is 12.2 Å². The fourth-order valence-corrected chi connectivity index (χ4v) is 3.85. The minimum Gasteiger partial charge on any atom is -0.377 e. The first-order valence-corrected chi connectivity index (χ1v) is 10.1. The Morgan fingerprint density at radius 3 is 2.47 bits per heavy atom. The summed E-state index contributed by atoms with van der Waals surface area (Å²) in [6.45, 7) is 3.97. The summed E-state index contributed by atoms with van der Waals surface area (Å²) >= 11 is 0. The van der Waals surface area contributed by atoms with E-state index in [1.807, 2.05) is 18.2 Å². The van der Waals surface area contributed by atoms with Crippen LogP contribution in [0.3, 0.4) is 0 Å². The number of hydrogen-bond donors (Lipinski definition) is 0. The van der Waals surface area contributed by atoms with Crippen molar-refractivity contribution in [3.05, 3.63) is 59.3 Å². The van der Waals surface area contributed by atoms with Gasteiger partial charge in [-0.05, 0) is 25.3 Å². The van der Waals surface area contributed by atoms with E-state index < -0.39 is 5.60 Å². The van der Waals surface area contributed by atoms with Gasteiger partial charge < -0.3 is 18.5 Å². The zero-order valence-electron chi connectivity index (χ0n) is 17.6. The van der Waals surface area contributed by atoms with E-state index in [-0.39, 0.29) is 6.04 Å². The SMILES string of the molecule is COCc1noc([C@H](C)N2CCC(OC)(c3nc(Cc4ccccc4)no3)CC2)n1. The zero-order valence-corrected chi connectivity index (χ0v) is 17.6. The Kier molecular flexibility index (Phi) is 6.21. The third-order valence-electron chi connectivity index (χ3n) is 5.72. The lowest BCUT2D eigenvalue weighted by Gasteiger charge is -2.39. The van der Waals surface area contributed by atoms with Crippen molar-refractivity contribution in [3.8, 4) is 0 Å². The largest absolute Gasteiger partial charge is 0.377 e. The van der Waals surface area contributed by atoms with Gasteiger partial charge in [-0.15, -0.1) is 0 Å². The molecule has 4 rings (SSSR count). The second-order valence-electron chi connectivity index (χ2n) is 7.57. The number of aromatic nitrogens is 4. The maximum atomic E-state index is 5.91. The van der Waals surface area contributed by atoms with Crippen LogP contribution in [-0.2, 0) is 28.1 Å². The number of ether oxygens (including phenoxy) is 2. The average molecular weight is 413 g/mol. The Balaban J connectivity index is 1.41. The van der Waals surface area contributed by atoms with Crippen molar-refractivity contribution >= 4 is 0 Å². The lowest BCUT2D eigenvalue weighted by atomic mass is 9.90. The first-order valence-electron chi connectivity index (χ1n) is 10.1. The van der Waals surface area contributed by atoms with Crippen molar-refractivity contribution in [1.82, 2.24) is 25.2 Å². The molecule has 1 atom stereocenters. The summed E-state index contributed by atoms with van der Waals surface area (Å²) in [6, 6.07) is 10.1. The van der Waals surface area contributed by atoms with Gasteiger partial charge in [0.05, 0.1) is 6.04 Å². The zero-order chi connectivity index (χ0) is 21.0. The third kappa shape index (κ3) is 4.28. The van der Waals surface area contributed by atoms with Crippen LogP contribution < -0.4 is 0 Å². The van der Waals surface area contributed by atoms with Crippen molar-refractivity contribution in [2.75, 3.05) is 27.3 Å². The highest BCUT2D eigenvalue weighted by molar-refractivity contribution is 5.19. The minimum absolute atomic E-state index is 0.00860. The molecule has 1 saturated heterocycles. The molecule has 2 aromatic heterocycles. The molecular weight excluding hydrogens is 386 g/mol. The van der Waals surface area contributed by atoms with Crippen LogP contribution in [0.2, 0.25) is 0 Å². The van der Waals surface area contributed by atoms with Crippen molar-refractivity contribution in [1.29, 1.82) is 0 Å². The van der Waals surface area contributed by atoms with Crippen LogP contribution in [0, 0.1) is 0 Å². The molecule has 9 nitrogen and oxygen atoms in total. The van der Waals surface area contributed by atoms with Crippen LogP contribution in [-0.4, -0.2) is 52.5 Å². The van der Waals surface area contributed by atoms with Crippen LogP contribution in [0.15, 0.2) is 39.4 Å². The molecule has 30 heavy (non-hydrogen) atoms. The van der Waals surface area contributed by atoms with Gasteiger partial charge in [-0.1, -0.05) is 40.6 Å². The molecule has 3 aromatic rings. The lowest BCUT2D eigenvalue weighted by molar-refractivity contribution is -0.0891. The van der Waals surface area contributed by atoms with Gasteiger partial charge in [-0.2, -0.15) is 9.97 Å². The van der Waals surface area contributed by atoms with E-state index in [0.29, 0.717) is 36.5 Å². The molecule has 9 heteroatoms. The Morgan fingerprint density at radius 1 is 1.03 bits per heavy atom. The molecule has 0 bridgehead atoms. The third-order valence-corrected chi connectivity index (χ3v) is 5.72. The van der Waals surface area contributed by atoms with Crippen molar-refractivity contribution in [2.24, 2.45) is 0 Å². The van der Waals surface area contributed by atoms with Gasteiger partial charge in [0, 0.05) is 33.7 Å². The Labute approximate surface area is 175 Å². The van der Waals surface area contributed by atoms with E-state index in [1.54, 1.807) is 14.2 Å². The number of likely N-dealkylation sites (tertiary alicyclic amines) is 1. The highest BCUT2D eigenvalue weighted by Gasteiger charge is 2.43. The average Bonchev–Trinajstić information content (AvgIpc) is 3.45. The molecule has 160 valence electrons. The van der Waals surface area contributed by atoms with E-state index in [4.69, 9.17) is 18.5 Å². The van der Waals surface area contributed by atoms with Crippen LogP contribution in [0.25, 0.3) is 0 Å². The number of nitrogens with zero attached hydrogens (tertiary/aromatic N) is 5. The second-order valence-corrected chi connectivity index (χ2v) is 7.57. The molecule has 0 radical (unpaired) electrons. The first-order chi connectivity index (χ1) is 14.6. The molecule has 0 N–H and O–H groups in total. The number of methoxy groups -OCH3 is 2. The number of rotatable bonds is 8. The summed E-state index contributed by atoms with van der Waals surface area (Å²) in [5.41, 5.74) is 0.571. The van der Waals surface area contributed by atoms with Crippen LogP contribution in [0.4, 0.5) is 0 Å². The van der Waals surface area contributed by atoms with Gasteiger partial charge >= 0.3 is 0 Å².